The molecule has 0 heterocycles. The van der Waals surface area contributed by atoms with Crippen LogP contribution in [-0.4, -0.2) is 26.0 Å². The Bertz CT molecular complexity index is 461. The molecule has 0 atom stereocenters. The van der Waals surface area contributed by atoms with Gasteiger partial charge >= 0.3 is 0 Å². The molecule has 3 nitrogen and oxygen atoms in total. The molecule has 6 heteroatoms. The fourth-order valence-electron chi connectivity index (χ4n) is 1.02. The van der Waals surface area contributed by atoms with Crippen molar-refractivity contribution < 1.29 is 12.8 Å². The van der Waals surface area contributed by atoms with E-state index in [1.807, 2.05) is 0 Å². The van der Waals surface area contributed by atoms with Crippen molar-refractivity contribution in [1.29, 1.82) is 0 Å². The molecule has 0 radical (unpaired) electrons. The number of nitrogens with zero attached hydrogens (tertiary/aromatic N) is 1. The third kappa shape index (κ3) is 3.44. The Balaban J connectivity index is 2.95. The van der Waals surface area contributed by atoms with Gasteiger partial charge in [0.2, 0.25) is 10.0 Å². The molecule has 1 rings (SSSR count). The van der Waals surface area contributed by atoms with Gasteiger partial charge in [0.05, 0.1) is 6.26 Å². The highest BCUT2D eigenvalue weighted by Gasteiger charge is 2.13. The van der Waals surface area contributed by atoms with Crippen LogP contribution in [0.5, 0.6) is 0 Å². The second kappa shape index (κ2) is 4.47. The molecular formula is C9H11ClFNO2S. The summed E-state index contributed by atoms with van der Waals surface area (Å²) >= 11 is 5.68. The van der Waals surface area contributed by atoms with Gasteiger partial charge in [-0.05, 0) is 18.2 Å². The lowest BCUT2D eigenvalue weighted by Gasteiger charge is -2.14. The number of rotatable bonds is 3. The first-order chi connectivity index (χ1) is 6.80. The van der Waals surface area contributed by atoms with Crippen LogP contribution in [0.15, 0.2) is 18.2 Å². The maximum Gasteiger partial charge on any atom is 0.211 e. The number of hydrogen-bond donors (Lipinski definition) is 0. The van der Waals surface area contributed by atoms with Crippen molar-refractivity contribution in [2.24, 2.45) is 0 Å². The van der Waals surface area contributed by atoms with Crippen molar-refractivity contribution >= 4 is 21.6 Å². The highest BCUT2D eigenvalue weighted by atomic mass is 35.5. The summed E-state index contributed by atoms with van der Waals surface area (Å²) in [6, 6.07) is 4.05. The summed E-state index contributed by atoms with van der Waals surface area (Å²) in [7, 11) is -1.92. The average molecular weight is 252 g/mol. The van der Waals surface area contributed by atoms with Crippen LogP contribution in [0.1, 0.15) is 5.56 Å². The van der Waals surface area contributed by atoms with E-state index in [1.165, 1.54) is 25.2 Å². The minimum absolute atomic E-state index is 0.0226. The summed E-state index contributed by atoms with van der Waals surface area (Å²) in [4.78, 5) is 0. The minimum atomic E-state index is -3.31. The van der Waals surface area contributed by atoms with E-state index in [0.29, 0.717) is 5.02 Å². The molecule has 0 N–H and O–H groups in total. The molecule has 0 aliphatic carbocycles. The van der Waals surface area contributed by atoms with Crippen LogP contribution in [-0.2, 0) is 16.6 Å². The lowest BCUT2D eigenvalue weighted by atomic mass is 10.2. The molecular weight excluding hydrogens is 241 g/mol. The SMILES string of the molecule is CN(Cc1cc(Cl)ccc1F)S(C)(=O)=O. The van der Waals surface area contributed by atoms with Crippen molar-refractivity contribution in [3.63, 3.8) is 0 Å². The van der Waals surface area contributed by atoms with Gasteiger partial charge < -0.3 is 0 Å². The molecule has 0 amide bonds. The monoisotopic (exact) mass is 251 g/mol. The van der Waals surface area contributed by atoms with Gasteiger partial charge in [-0.15, -0.1) is 0 Å². The lowest BCUT2D eigenvalue weighted by Crippen LogP contribution is -2.25. The van der Waals surface area contributed by atoms with Crippen LogP contribution in [0.3, 0.4) is 0 Å². The normalized spacial score (nSPS) is 12.1. The minimum Gasteiger partial charge on any atom is -0.213 e. The Morgan fingerprint density at radius 3 is 2.60 bits per heavy atom. The number of halogens is 2. The highest BCUT2D eigenvalue weighted by Crippen LogP contribution is 2.16. The van der Waals surface area contributed by atoms with E-state index < -0.39 is 15.8 Å². The zero-order chi connectivity index (χ0) is 11.6. The molecule has 0 aliphatic rings. The summed E-state index contributed by atoms with van der Waals surface area (Å²) < 4.78 is 36.5. The average Bonchev–Trinajstić information content (AvgIpc) is 2.09. The van der Waals surface area contributed by atoms with E-state index in [4.69, 9.17) is 11.6 Å². The molecule has 0 unspecified atom stereocenters. The van der Waals surface area contributed by atoms with E-state index in [0.717, 1.165) is 10.6 Å². The van der Waals surface area contributed by atoms with Crippen LogP contribution < -0.4 is 0 Å². The van der Waals surface area contributed by atoms with Crippen LogP contribution in [0.2, 0.25) is 5.02 Å². The van der Waals surface area contributed by atoms with Crippen molar-refractivity contribution in [2.75, 3.05) is 13.3 Å². The van der Waals surface area contributed by atoms with Gasteiger partial charge in [0, 0.05) is 24.2 Å². The smallest absolute Gasteiger partial charge is 0.211 e. The molecule has 0 aliphatic heterocycles. The van der Waals surface area contributed by atoms with Crippen LogP contribution in [0.4, 0.5) is 4.39 Å². The van der Waals surface area contributed by atoms with Gasteiger partial charge in [0.1, 0.15) is 5.82 Å². The predicted octanol–water partition coefficient (Wildman–Crippen LogP) is 1.87. The van der Waals surface area contributed by atoms with Crippen LogP contribution in [0.25, 0.3) is 0 Å². The van der Waals surface area contributed by atoms with Crippen LogP contribution in [0, 0.1) is 5.82 Å². The topological polar surface area (TPSA) is 37.4 Å². The zero-order valence-electron chi connectivity index (χ0n) is 8.37. The Labute approximate surface area is 93.5 Å². The summed E-state index contributed by atoms with van der Waals surface area (Å²) in [5, 5.41) is 0.383. The maximum atomic E-state index is 13.2. The van der Waals surface area contributed by atoms with Gasteiger partial charge in [0.15, 0.2) is 0 Å². The molecule has 0 aromatic heterocycles. The third-order valence-corrected chi connectivity index (χ3v) is 3.46. The summed E-state index contributed by atoms with van der Waals surface area (Å²) in [5.74, 6) is -0.463. The third-order valence-electron chi connectivity index (χ3n) is 1.97. The summed E-state index contributed by atoms with van der Waals surface area (Å²) in [5.41, 5.74) is 0.260. The Morgan fingerprint density at radius 1 is 1.47 bits per heavy atom. The maximum absolute atomic E-state index is 13.2. The van der Waals surface area contributed by atoms with Crippen molar-refractivity contribution in [2.45, 2.75) is 6.54 Å². The quantitative estimate of drug-likeness (QED) is 0.823. The summed E-state index contributed by atoms with van der Waals surface area (Å²) in [6.07, 6.45) is 1.06. The van der Waals surface area contributed by atoms with Crippen LogP contribution >= 0.6 is 11.6 Å². The molecule has 0 fully saturated rings. The summed E-state index contributed by atoms with van der Waals surface area (Å²) in [6.45, 7) is -0.0226. The van der Waals surface area contributed by atoms with Crippen molar-refractivity contribution in [1.82, 2.24) is 4.31 Å². The zero-order valence-corrected chi connectivity index (χ0v) is 9.94. The first kappa shape index (κ1) is 12.4. The lowest BCUT2D eigenvalue weighted by molar-refractivity contribution is 0.461. The van der Waals surface area contributed by atoms with E-state index in [2.05, 4.69) is 0 Å². The first-order valence-corrected chi connectivity index (χ1v) is 6.38. The van der Waals surface area contributed by atoms with Gasteiger partial charge in [-0.3, -0.25) is 0 Å². The number of sulfonamides is 1. The van der Waals surface area contributed by atoms with Gasteiger partial charge in [-0.2, -0.15) is 0 Å². The first-order valence-electron chi connectivity index (χ1n) is 4.16. The molecule has 84 valence electrons. The number of benzene rings is 1. The molecule has 0 bridgehead atoms. The molecule has 0 saturated carbocycles. The standard InChI is InChI=1S/C9H11ClFNO2S/c1-12(15(2,13)14)6-7-5-8(10)3-4-9(7)11/h3-5H,6H2,1-2H3. The fourth-order valence-corrected chi connectivity index (χ4v) is 1.59. The van der Waals surface area contributed by atoms with E-state index in [9.17, 15) is 12.8 Å². The van der Waals surface area contributed by atoms with E-state index in [1.54, 1.807) is 0 Å². The Hall–Kier alpha value is -0.650. The highest BCUT2D eigenvalue weighted by molar-refractivity contribution is 7.88. The predicted molar refractivity (Wildman–Crippen MR) is 57.7 cm³/mol. The fraction of sp³-hybridized carbons (Fsp3) is 0.333. The molecule has 0 spiro atoms. The Kier molecular flexibility index (Phi) is 3.70. The molecule has 15 heavy (non-hydrogen) atoms. The van der Waals surface area contributed by atoms with Gasteiger partial charge in [-0.25, -0.2) is 17.1 Å². The van der Waals surface area contributed by atoms with Crippen molar-refractivity contribution in [3.8, 4) is 0 Å². The number of hydrogen-bond acceptors (Lipinski definition) is 2. The van der Waals surface area contributed by atoms with E-state index >= 15 is 0 Å². The molecule has 0 saturated heterocycles. The largest absolute Gasteiger partial charge is 0.213 e. The van der Waals surface area contributed by atoms with Gasteiger partial charge in [-0.1, -0.05) is 11.6 Å². The van der Waals surface area contributed by atoms with Crippen molar-refractivity contribution in [3.05, 3.63) is 34.6 Å². The van der Waals surface area contributed by atoms with Gasteiger partial charge in [0.25, 0.3) is 0 Å². The molecule has 1 aromatic carbocycles. The second-order valence-electron chi connectivity index (χ2n) is 3.25. The van der Waals surface area contributed by atoms with E-state index in [-0.39, 0.29) is 12.1 Å². The second-order valence-corrected chi connectivity index (χ2v) is 5.78. The molecule has 1 aromatic rings. The Morgan fingerprint density at radius 2 is 2.07 bits per heavy atom.